The molecule has 0 amide bonds. The molecule has 0 aliphatic rings. The normalized spacial score (nSPS) is 10.7. The van der Waals surface area contributed by atoms with Crippen molar-refractivity contribution in [3.63, 3.8) is 0 Å². The Morgan fingerprint density at radius 1 is 1.39 bits per heavy atom. The molecule has 0 unspecified atom stereocenters. The van der Waals surface area contributed by atoms with Crippen molar-refractivity contribution in [2.45, 2.75) is 20.3 Å². The molecule has 6 heteroatoms. The lowest BCUT2D eigenvalue weighted by molar-refractivity contribution is 0.768. The summed E-state index contributed by atoms with van der Waals surface area (Å²) in [6.07, 6.45) is 4.73. The summed E-state index contributed by atoms with van der Waals surface area (Å²) in [5.41, 5.74) is 1.84. The first-order valence-electron chi connectivity index (χ1n) is 5.89. The van der Waals surface area contributed by atoms with Crippen molar-refractivity contribution in [1.82, 2.24) is 19.7 Å². The number of anilines is 1. The zero-order valence-corrected chi connectivity index (χ0v) is 12.3. The van der Waals surface area contributed by atoms with Crippen molar-refractivity contribution in [1.29, 1.82) is 0 Å². The minimum atomic E-state index is 0.697. The third kappa shape index (κ3) is 2.69. The van der Waals surface area contributed by atoms with Gasteiger partial charge in [0, 0.05) is 19.8 Å². The Labute approximate surface area is 115 Å². The summed E-state index contributed by atoms with van der Waals surface area (Å²) in [6, 6.07) is 0. The fraction of sp³-hybridized carbons (Fsp3) is 0.417. The molecule has 0 aliphatic heterocycles. The number of aromatic nitrogens is 4. The molecule has 96 valence electrons. The third-order valence-corrected chi connectivity index (χ3v) is 3.47. The Hall–Kier alpha value is -1.43. The first-order valence-corrected chi connectivity index (χ1v) is 6.68. The van der Waals surface area contributed by atoms with Gasteiger partial charge in [0.05, 0.1) is 21.9 Å². The SMILES string of the molecule is CCCNc1nc(-c2cnn(C)c2)nc(C)c1Br. The first-order chi connectivity index (χ1) is 8.61. The van der Waals surface area contributed by atoms with E-state index in [-0.39, 0.29) is 0 Å². The molecule has 18 heavy (non-hydrogen) atoms. The fourth-order valence-electron chi connectivity index (χ4n) is 1.59. The quantitative estimate of drug-likeness (QED) is 0.943. The summed E-state index contributed by atoms with van der Waals surface area (Å²) < 4.78 is 2.67. The summed E-state index contributed by atoms with van der Waals surface area (Å²) in [6.45, 7) is 4.97. The summed E-state index contributed by atoms with van der Waals surface area (Å²) in [4.78, 5) is 9.01. The molecule has 0 aromatic carbocycles. The summed E-state index contributed by atoms with van der Waals surface area (Å²) in [5, 5.41) is 7.44. The minimum absolute atomic E-state index is 0.697. The maximum atomic E-state index is 4.53. The van der Waals surface area contributed by atoms with Gasteiger partial charge in [-0.1, -0.05) is 6.92 Å². The average molecular weight is 310 g/mol. The molecule has 5 nitrogen and oxygen atoms in total. The molecule has 2 aromatic heterocycles. The van der Waals surface area contributed by atoms with Crippen LogP contribution in [-0.2, 0) is 7.05 Å². The largest absolute Gasteiger partial charge is 0.369 e. The van der Waals surface area contributed by atoms with Crippen molar-refractivity contribution in [2.75, 3.05) is 11.9 Å². The van der Waals surface area contributed by atoms with E-state index in [1.165, 1.54) is 0 Å². The topological polar surface area (TPSA) is 55.6 Å². The lowest BCUT2D eigenvalue weighted by Crippen LogP contribution is -2.06. The smallest absolute Gasteiger partial charge is 0.165 e. The van der Waals surface area contributed by atoms with Gasteiger partial charge >= 0.3 is 0 Å². The van der Waals surface area contributed by atoms with Crippen LogP contribution in [-0.4, -0.2) is 26.3 Å². The van der Waals surface area contributed by atoms with E-state index in [9.17, 15) is 0 Å². The second-order valence-corrected chi connectivity index (χ2v) is 4.92. The number of hydrogen-bond donors (Lipinski definition) is 1. The highest BCUT2D eigenvalue weighted by Gasteiger charge is 2.11. The van der Waals surface area contributed by atoms with Crippen LogP contribution in [0.1, 0.15) is 19.0 Å². The Morgan fingerprint density at radius 2 is 2.17 bits per heavy atom. The van der Waals surface area contributed by atoms with Crippen LogP contribution in [0.15, 0.2) is 16.9 Å². The number of aryl methyl sites for hydroxylation is 2. The summed E-state index contributed by atoms with van der Waals surface area (Å²) in [5.74, 6) is 1.53. The molecule has 2 aromatic rings. The average Bonchev–Trinajstić information content (AvgIpc) is 2.77. The van der Waals surface area contributed by atoms with Crippen molar-refractivity contribution in [3.05, 3.63) is 22.6 Å². The van der Waals surface area contributed by atoms with E-state index >= 15 is 0 Å². The number of nitrogens with one attached hydrogen (secondary N) is 1. The van der Waals surface area contributed by atoms with Gasteiger partial charge in [0.15, 0.2) is 5.82 Å². The second-order valence-electron chi connectivity index (χ2n) is 4.12. The van der Waals surface area contributed by atoms with Gasteiger partial charge in [0.25, 0.3) is 0 Å². The molecule has 0 radical (unpaired) electrons. The highest BCUT2D eigenvalue weighted by molar-refractivity contribution is 9.10. The maximum absolute atomic E-state index is 4.53. The second kappa shape index (κ2) is 5.48. The Balaban J connectivity index is 2.40. The minimum Gasteiger partial charge on any atom is -0.369 e. The van der Waals surface area contributed by atoms with Crippen LogP contribution in [0.3, 0.4) is 0 Å². The maximum Gasteiger partial charge on any atom is 0.165 e. The lowest BCUT2D eigenvalue weighted by Gasteiger charge is -2.09. The zero-order chi connectivity index (χ0) is 13.1. The molecule has 0 spiro atoms. The van der Waals surface area contributed by atoms with Crippen LogP contribution in [0.2, 0.25) is 0 Å². The van der Waals surface area contributed by atoms with Gasteiger partial charge in [-0.25, -0.2) is 9.97 Å². The number of hydrogen-bond acceptors (Lipinski definition) is 4. The van der Waals surface area contributed by atoms with Crippen LogP contribution in [0.25, 0.3) is 11.4 Å². The van der Waals surface area contributed by atoms with Gasteiger partial charge in [0.1, 0.15) is 5.82 Å². The highest BCUT2D eigenvalue weighted by Crippen LogP contribution is 2.26. The number of nitrogens with zero attached hydrogens (tertiary/aromatic N) is 4. The fourth-order valence-corrected chi connectivity index (χ4v) is 1.90. The van der Waals surface area contributed by atoms with Crippen LogP contribution in [0.5, 0.6) is 0 Å². The number of rotatable bonds is 4. The van der Waals surface area contributed by atoms with E-state index in [4.69, 9.17) is 0 Å². The van der Waals surface area contributed by atoms with Gasteiger partial charge < -0.3 is 5.32 Å². The van der Waals surface area contributed by atoms with E-state index < -0.39 is 0 Å². The molecule has 2 heterocycles. The highest BCUT2D eigenvalue weighted by atomic mass is 79.9. The molecule has 1 N–H and O–H groups in total. The van der Waals surface area contributed by atoms with Crippen molar-refractivity contribution >= 4 is 21.7 Å². The van der Waals surface area contributed by atoms with E-state index in [0.29, 0.717) is 5.82 Å². The molecule has 0 saturated carbocycles. The van der Waals surface area contributed by atoms with Crippen LogP contribution < -0.4 is 5.32 Å². The van der Waals surface area contributed by atoms with E-state index in [1.807, 2.05) is 20.2 Å². The van der Waals surface area contributed by atoms with Crippen molar-refractivity contribution in [2.24, 2.45) is 7.05 Å². The zero-order valence-electron chi connectivity index (χ0n) is 10.7. The van der Waals surface area contributed by atoms with Crippen molar-refractivity contribution < 1.29 is 0 Å². The lowest BCUT2D eigenvalue weighted by atomic mass is 10.3. The number of halogens is 1. The van der Waals surface area contributed by atoms with Gasteiger partial charge in [-0.3, -0.25) is 4.68 Å². The standard InChI is InChI=1S/C12H16BrN5/c1-4-5-14-12-10(13)8(2)16-11(17-12)9-6-15-18(3)7-9/h6-7H,4-5H2,1-3H3,(H,14,16,17). The van der Waals surface area contributed by atoms with Crippen LogP contribution >= 0.6 is 15.9 Å². The predicted octanol–water partition coefficient (Wildman–Crippen LogP) is 2.77. The molecule has 0 bridgehead atoms. The van der Waals surface area contributed by atoms with E-state index in [0.717, 1.165) is 34.5 Å². The first kappa shape index (κ1) is 13.0. The molecule has 2 rings (SSSR count). The molecular formula is C12H16BrN5. The van der Waals surface area contributed by atoms with Crippen LogP contribution in [0, 0.1) is 6.92 Å². The monoisotopic (exact) mass is 309 g/mol. The van der Waals surface area contributed by atoms with E-state index in [2.05, 4.69) is 43.2 Å². The van der Waals surface area contributed by atoms with E-state index in [1.54, 1.807) is 10.9 Å². The predicted molar refractivity (Wildman–Crippen MR) is 75.5 cm³/mol. The van der Waals surface area contributed by atoms with Gasteiger partial charge in [-0.05, 0) is 29.3 Å². The molecule has 0 saturated heterocycles. The van der Waals surface area contributed by atoms with Crippen molar-refractivity contribution in [3.8, 4) is 11.4 Å². The molecule has 0 fully saturated rings. The summed E-state index contributed by atoms with van der Waals surface area (Å²) >= 11 is 3.51. The van der Waals surface area contributed by atoms with Crippen LogP contribution in [0.4, 0.5) is 5.82 Å². The van der Waals surface area contributed by atoms with Gasteiger partial charge in [-0.2, -0.15) is 5.10 Å². The Morgan fingerprint density at radius 3 is 2.78 bits per heavy atom. The molecule has 0 atom stereocenters. The Kier molecular flexibility index (Phi) is 3.96. The Bertz CT molecular complexity index is 549. The molecule has 0 aliphatic carbocycles. The summed E-state index contributed by atoms with van der Waals surface area (Å²) in [7, 11) is 1.88. The van der Waals surface area contributed by atoms with Gasteiger partial charge in [0.2, 0.25) is 0 Å². The third-order valence-electron chi connectivity index (χ3n) is 2.52. The molecular weight excluding hydrogens is 294 g/mol. The van der Waals surface area contributed by atoms with Gasteiger partial charge in [-0.15, -0.1) is 0 Å².